The number of ketones is 1. The van der Waals surface area contributed by atoms with Gasteiger partial charge in [-0.1, -0.05) is 39.5 Å². The number of Topliss-reactive ketones (excluding diaryl/α,β-unsaturated/α-hetero) is 1. The molecule has 0 radical (unpaired) electrons. The molecule has 17 heavy (non-hydrogen) atoms. The number of unbranched alkanes of at least 4 members (excludes halogenated alkanes) is 3. The van der Waals surface area contributed by atoms with Crippen molar-refractivity contribution in [1.29, 1.82) is 0 Å². The van der Waals surface area contributed by atoms with E-state index in [2.05, 4.69) is 11.9 Å². The molecule has 0 N–H and O–H groups in total. The predicted octanol–water partition coefficient (Wildman–Crippen LogP) is 4.51. The number of carbonyl (C=O) groups is 1. The third kappa shape index (κ3) is 4.50. The molecule has 0 aliphatic rings. The molecule has 1 unspecified atom stereocenters. The van der Waals surface area contributed by atoms with E-state index in [1.807, 2.05) is 6.92 Å². The Morgan fingerprint density at radius 1 is 1.41 bits per heavy atom. The van der Waals surface area contributed by atoms with Crippen molar-refractivity contribution in [2.75, 3.05) is 0 Å². The Kier molecular flexibility index (Phi) is 6.27. The summed E-state index contributed by atoms with van der Waals surface area (Å²) < 4.78 is 4.86. The largest absolute Gasteiger partial charge is 0.435 e. The molecule has 1 atom stereocenters. The summed E-state index contributed by atoms with van der Waals surface area (Å²) in [6, 6.07) is 0. The van der Waals surface area contributed by atoms with Gasteiger partial charge >= 0.3 is 0 Å². The molecule has 1 aromatic rings. The van der Waals surface area contributed by atoms with Gasteiger partial charge in [0.25, 0.3) is 5.35 Å². The lowest BCUT2D eigenvalue weighted by Crippen LogP contribution is -2.14. The Morgan fingerprint density at radius 3 is 2.71 bits per heavy atom. The van der Waals surface area contributed by atoms with Gasteiger partial charge in [0.05, 0.1) is 0 Å². The Bertz CT molecular complexity index is 349. The molecule has 3 nitrogen and oxygen atoms in total. The van der Waals surface area contributed by atoms with E-state index >= 15 is 0 Å². The van der Waals surface area contributed by atoms with E-state index < -0.39 is 0 Å². The first-order chi connectivity index (χ1) is 8.19. The van der Waals surface area contributed by atoms with Gasteiger partial charge in [0.1, 0.15) is 12.0 Å². The lowest BCUT2D eigenvalue weighted by atomic mass is 9.93. The molecule has 0 aliphatic heterocycles. The number of oxazole rings is 1. The van der Waals surface area contributed by atoms with Gasteiger partial charge < -0.3 is 4.42 Å². The van der Waals surface area contributed by atoms with E-state index in [1.54, 1.807) is 0 Å². The van der Waals surface area contributed by atoms with E-state index in [-0.39, 0.29) is 17.1 Å². The molecule has 96 valence electrons. The van der Waals surface area contributed by atoms with Crippen molar-refractivity contribution in [3.63, 3.8) is 0 Å². The van der Waals surface area contributed by atoms with E-state index in [0.29, 0.717) is 5.69 Å². The molecular formula is C13H20ClNO2. The fourth-order valence-corrected chi connectivity index (χ4v) is 2.05. The quantitative estimate of drug-likeness (QED) is 0.508. The van der Waals surface area contributed by atoms with Crippen LogP contribution < -0.4 is 0 Å². The maximum Gasteiger partial charge on any atom is 0.292 e. The minimum absolute atomic E-state index is 0.0363. The van der Waals surface area contributed by atoms with Gasteiger partial charge in [0.2, 0.25) is 0 Å². The second kappa shape index (κ2) is 7.49. The standard InChI is InChI=1S/C13H20ClNO2/c1-3-5-6-7-8-10(4-2)12(16)11-9-17-13(14)15-11/h9-10H,3-8H2,1-2H3. The van der Waals surface area contributed by atoms with Crippen LogP contribution in [0.3, 0.4) is 0 Å². The van der Waals surface area contributed by atoms with Crippen molar-refractivity contribution < 1.29 is 9.21 Å². The number of hydrogen-bond acceptors (Lipinski definition) is 3. The van der Waals surface area contributed by atoms with Crippen LogP contribution in [0.25, 0.3) is 0 Å². The summed E-state index contributed by atoms with van der Waals surface area (Å²) in [6.07, 6.45) is 7.86. The summed E-state index contributed by atoms with van der Waals surface area (Å²) in [6.45, 7) is 4.21. The molecule has 0 aromatic carbocycles. The Morgan fingerprint density at radius 2 is 2.18 bits per heavy atom. The van der Waals surface area contributed by atoms with Gasteiger partial charge in [-0.15, -0.1) is 0 Å². The second-order valence-corrected chi connectivity index (χ2v) is 4.63. The lowest BCUT2D eigenvalue weighted by Gasteiger charge is -2.11. The summed E-state index contributed by atoms with van der Waals surface area (Å²) in [5.74, 6) is 0.104. The SMILES string of the molecule is CCCCCCC(CC)C(=O)c1coc(Cl)n1. The molecule has 0 aliphatic carbocycles. The Labute approximate surface area is 108 Å². The molecule has 0 amide bonds. The first-order valence-electron chi connectivity index (χ1n) is 6.34. The van der Waals surface area contributed by atoms with Crippen LogP contribution in [0.15, 0.2) is 10.7 Å². The average molecular weight is 258 g/mol. The van der Waals surface area contributed by atoms with Crippen molar-refractivity contribution in [2.45, 2.75) is 52.4 Å². The fraction of sp³-hybridized carbons (Fsp3) is 0.692. The highest BCUT2D eigenvalue weighted by Gasteiger charge is 2.20. The van der Waals surface area contributed by atoms with Crippen molar-refractivity contribution in [3.8, 4) is 0 Å². The maximum atomic E-state index is 12.1. The molecular weight excluding hydrogens is 238 g/mol. The minimum atomic E-state index is 0.0363. The first kappa shape index (κ1) is 14.2. The van der Waals surface area contributed by atoms with E-state index in [4.69, 9.17) is 16.0 Å². The molecule has 4 heteroatoms. The zero-order valence-electron chi connectivity index (χ0n) is 10.5. The van der Waals surface area contributed by atoms with Crippen LogP contribution in [0, 0.1) is 5.92 Å². The Balaban J connectivity index is 2.46. The Hall–Kier alpha value is -0.830. The van der Waals surface area contributed by atoms with Crippen LogP contribution in [-0.4, -0.2) is 10.8 Å². The van der Waals surface area contributed by atoms with Crippen LogP contribution in [-0.2, 0) is 0 Å². The molecule has 0 saturated heterocycles. The average Bonchev–Trinajstić information content (AvgIpc) is 2.75. The monoisotopic (exact) mass is 257 g/mol. The number of carbonyl (C=O) groups excluding carboxylic acids is 1. The maximum absolute atomic E-state index is 12.1. The van der Waals surface area contributed by atoms with Gasteiger partial charge in [-0.05, 0) is 24.4 Å². The third-order valence-electron chi connectivity index (χ3n) is 3.00. The minimum Gasteiger partial charge on any atom is -0.435 e. The highest BCUT2D eigenvalue weighted by atomic mass is 35.5. The number of rotatable bonds is 8. The third-order valence-corrected chi connectivity index (χ3v) is 3.17. The number of halogens is 1. The van der Waals surface area contributed by atoms with Crippen LogP contribution >= 0.6 is 11.6 Å². The van der Waals surface area contributed by atoms with Crippen LogP contribution in [0.4, 0.5) is 0 Å². The summed E-state index contributed by atoms with van der Waals surface area (Å²) >= 11 is 5.57. The summed E-state index contributed by atoms with van der Waals surface area (Å²) in [7, 11) is 0. The van der Waals surface area contributed by atoms with Gasteiger partial charge in [0.15, 0.2) is 5.78 Å². The smallest absolute Gasteiger partial charge is 0.292 e. The zero-order chi connectivity index (χ0) is 12.7. The van der Waals surface area contributed by atoms with Crippen molar-refractivity contribution in [1.82, 2.24) is 4.98 Å². The molecule has 0 fully saturated rings. The van der Waals surface area contributed by atoms with Crippen molar-refractivity contribution in [2.24, 2.45) is 5.92 Å². The fourth-order valence-electron chi connectivity index (χ4n) is 1.91. The molecule has 1 aromatic heterocycles. The van der Waals surface area contributed by atoms with Gasteiger partial charge in [-0.25, -0.2) is 0 Å². The van der Waals surface area contributed by atoms with Crippen molar-refractivity contribution >= 4 is 17.4 Å². The predicted molar refractivity (Wildman–Crippen MR) is 68.4 cm³/mol. The molecule has 0 bridgehead atoms. The topological polar surface area (TPSA) is 43.1 Å². The van der Waals surface area contributed by atoms with E-state index in [0.717, 1.165) is 19.3 Å². The zero-order valence-corrected chi connectivity index (χ0v) is 11.3. The van der Waals surface area contributed by atoms with Gasteiger partial charge in [-0.2, -0.15) is 4.98 Å². The van der Waals surface area contributed by atoms with E-state index in [1.165, 1.54) is 25.5 Å². The summed E-state index contributed by atoms with van der Waals surface area (Å²) in [5, 5.41) is 0.0363. The van der Waals surface area contributed by atoms with Crippen LogP contribution in [0.1, 0.15) is 62.9 Å². The van der Waals surface area contributed by atoms with Crippen molar-refractivity contribution in [3.05, 3.63) is 17.3 Å². The lowest BCUT2D eigenvalue weighted by molar-refractivity contribution is 0.0902. The van der Waals surface area contributed by atoms with E-state index in [9.17, 15) is 4.79 Å². The van der Waals surface area contributed by atoms with Gasteiger partial charge in [-0.3, -0.25) is 4.79 Å². The number of nitrogens with zero attached hydrogens (tertiary/aromatic N) is 1. The number of hydrogen-bond donors (Lipinski definition) is 0. The van der Waals surface area contributed by atoms with Crippen LogP contribution in [0.2, 0.25) is 5.35 Å². The molecule has 1 rings (SSSR count). The first-order valence-corrected chi connectivity index (χ1v) is 6.72. The van der Waals surface area contributed by atoms with Gasteiger partial charge in [0, 0.05) is 5.92 Å². The molecule has 0 spiro atoms. The summed E-state index contributed by atoms with van der Waals surface area (Å²) in [5.41, 5.74) is 0.359. The summed E-state index contributed by atoms with van der Waals surface area (Å²) in [4.78, 5) is 15.9. The highest BCUT2D eigenvalue weighted by Crippen LogP contribution is 2.20. The molecule has 0 saturated carbocycles. The highest BCUT2D eigenvalue weighted by molar-refractivity contribution is 6.27. The normalized spacial score (nSPS) is 12.6. The molecule has 1 heterocycles. The van der Waals surface area contributed by atoms with Crippen LogP contribution in [0.5, 0.6) is 0 Å². The number of aromatic nitrogens is 1. The second-order valence-electron chi connectivity index (χ2n) is 4.30.